The van der Waals surface area contributed by atoms with E-state index in [1.54, 1.807) is 36.5 Å². The number of aromatic nitrogens is 4. The Morgan fingerprint density at radius 3 is 2.96 bits per heavy atom. The van der Waals surface area contributed by atoms with Gasteiger partial charge in [-0.2, -0.15) is 20.0 Å². The van der Waals surface area contributed by atoms with Crippen LogP contribution in [0.1, 0.15) is 5.56 Å². The number of hydrogen-bond acceptors (Lipinski definition) is 6. The van der Waals surface area contributed by atoms with Gasteiger partial charge in [-0.3, -0.25) is 5.32 Å². The van der Waals surface area contributed by atoms with Gasteiger partial charge in [-0.25, -0.2) is 4.98 Å². The second-order valence-corrected chi connectivity index (χ2v) is 5.31. The molecule has 4 rings (SSSR count). The predicted molar refractivity (Wildman–Crippen MR) is 88.4 cm³/mol. The predicted octanol–water partition coefficient (Wildman–Crippen LogP) is 3.68. The average Bonchev–Trinajstić information content (AvgIpc) is 3.18. The first-order chi connectivity index (χ1) is 11.7. The molecule has 7 nitrogen and oxygen atoms in total. The highest BCUT2D eigenvalue weighted by Crippen LogP contribution is 2.26. The number of pyridine rings is 1. The number of benzene rings is 1. The minimum Gasteiger partial charge on any atom is -0.423 e. The summed E-state index contributed by atoms with van der Waals surface area (Å²) in [5, 5.41) is 17.1. The summed E-state index contributed by atoms with van der Waals surface area (Å²) >= 11 is 5.96. The zero-order chi connectivity index (χ0) is 16.5. The standard InChI is InChI=1S/C16H9ClN6O/c17-11-4-5-13-12(7-11)21-16(24-13)22-15-10(8-18)9-20-23(15)14-3-1-2-6-19-14/h1-7,9H,(H,21,22). The van der Waals surface area contributed by atoms with E-state index in [1.165, 1.54) is 10.9 Å². The molecule has 24 heavy (non-hydrogen) atoms. The summed E-state index contributed by atoms with van der Waals surface area (Å²) in [5.41, 5.74) is 1.55. The fourth-order valence-corrected chi connectivity index (χ4v) is 2.42. The van der Waals surface area contributed by atoms with Crippen LogP contribution in [0.5, 0.6) is 0 Å². The van der Waals surface area contributed by atoms with E-state index in [2.05, 4.69) is 26.5 Å². The molecule has 0 unspecified atom stereocenters. The van der Waals surface area contributed by atoms with Gasteiger partial charge in [0.05, 0.1) is 6.20 Å². The number of anilines is 2. The number of nitrogens with zero attached hydrogens (tertiary/aromatic N) is 5. The second-order valence-electron chi connectivity index (χ2n) is 4.87. The maximum absolute atomic E-state index is 9.30. The Labute approximate surface area is 141 Å². The van der Waals surface area contributed by atoms with Gasteiger partial charge in [-0.05, 0) is 30.3 Å². The number of hydrogen-bond donors (Lipinski definition) is 1. The van der Waals surface area contributed by atoms with E-state index >= 15 is 0 Å². The number of fused-ring (bicyclic) bond motifs is 1. The van der Waals surface area contributed by atoms with Crippen LogP contribution in [0.4, 0.5) is 11.8 Å². The van der Waals surface area contributed by atoms with Crippen LogP contribution in [0.2, 0.25) is 5.02 Å². The maximum Gasteiger partial charge on any atom is 0.301 e. The van der Waals surface area contributed by atoms with Gasteiger partial charge in [0.1, 0.15) is 17.1 Å². The maximum atomic E-state index is 9.30. The van der Waals surface area contributed by atoms with Crippen LogP contribution in [0.25, 0.3) is 16.9 Å². The zero-order valence-corrected chi connectivity index (χ0v) is 12.9. The third-order valence-electron chi connectivity index (χ3n) is 3.33. The smallest absolute Gasteiger partial charge is 0.301 e. The Bertz CT molecular complexity index is 1060. The van der Waals surface area contributed by atoms with E-state index in [1.807, 2.05) is 6.07 Å². The molecule has 0 spiro atoms. The quantitative estimate of drug-likeness (QED) is 0.613. The van der Waals surface area contributed by atoms with E-state index in [9.17, 15) is 5.26 Å². The molecule has 116 valence electrons. The first-order valence-electron chi connectivity index (χ1n) is 6.97. The minimum atomic E-state index is 0.237. The molecule has 4 aromatic rings. The molecule has 1 N–H and O–H groups in total. The molecule has 8 heteroatoms. The summed E-state index contributed by atoms with van der Waals surface area (Å²) in [6.07, 6.45) is 3.10. The molecule has 0 aliphatic heterocycles. The number of nitrogens with one attached hydrogen (secondary N) is 1. The van der Waals surface area contributed by atoms with Crippen LogP contribution >= 0.6 is 11.6 Å². The van der Waals surface area contributed by atoms with Crippen LogP contribution in [0, 0.1) is 11.3 Å². The van der Waals surface area contributed by atoms with Gasteiger partial charge in [-0.1, -0.05) is 17.7 Å². The molecule has 0 bridgehead atoms. The van der Waals surface area contributed by atoms with Crippen LogP contribution < -0.4 is 5.32 Å². The van der Waals surface area contributed by atoms with Crippen molar-refractivity contribution in [3.05, 3.63) is 59.4 Å². The van der Waals surface area contributed by atoms with Gasteiger partial charge < -0.3 is 4.42 Å². The Morgan fingerprint density at radius 1 is 1.25 bits per heavy atom. The van der Waals surface area contributed by atoms with Crippen LogP contribution in [0.15, 0.2) is 53.2 Å². The summed E-state index contributed by atoms with van der Waals surface area (Å²) in [6.45, 7) is 0. The number of oxazole rings is 1. The normalized spacial score (nSPS) is 10.7. The molecule has 0 radical (unpaired) electrons. The number of rotatable bonds is 3. The van der Waals surface area contributed by atoms with Crippen LogP contribution in [-0.4, -0.2) is 19.7 Å². The molecule has 0 saturated carbocycles. The highest BCUT2D eigenvalue weighted by atomic mass is 35.5. The molecular formula is C16H9ClN6O. The lowest BCUT2D eigenvalue weighted by Gasteiger charge is -2.06. The Balaban J connectivity index is 1.78. The number of halogens is 1. The van der Waals surface area contributed by atoms with E-state index in [0.29, 0.717) is 33.3 Å². The van der Waals surface area contributed by atoms with Crippen molar-refractivity contribution in [2.45, 2.75) is 0 Å². The fraction of sp³-hybridized carbons (Fsp3) is 0. The van der Waals surface area contributed by atoms with Crippen molar-refractivity contribution in [3.8, 4) is 11.9 Å². The summed E-state index contributed by atoms with van der Waals surface area (Å²) in [6, 6.07) is 12.9. The van der Waals surface area contributed by atoms with E-state index < -0.39 is 0 Å². The molecule has 0 saturated heterocycles. The van der Waals surface area contributed by atoms with Gasteiger partial charge in [0, 0.05) is 11.2 Å². The summed E-state index contributed by atoms with van der Waals surface area (Å²) in [4.78, 5) is 8.56. The Hall–Kier alpha value is -3.37. The summed E-state index contributed by atoms with van der Waals surface area (Å²) in [5.74, 6) is 0.995. The van der Waals surface area contributed by atoms with Crippen LogP contribution in [-0.2, 0) is 0 Å². The topological polar surface area (TPSA) is 92.6 Å². The molecule has 0 amide bonds. The van der Waals surface area contributed by atoms with Gasteiger partial charge in [0.2, 0.25) is 0 Å². The molecule has 0 aliphatic carbocycles. The Morgan fingerprint density at radius 2 is 2.17 bits per heavy atom. The fourth-order valence-electron chi connectivity index (χ4n) is 2.26. The van der Waals surface area contributed by atoms with Crippen molar-refractivity contribution in [2.24, 2.45) is 0 Å². The zero-order valence-electron chi connectivity index (χ0n) is 12.1. The summed E-state index contributed by atoms with van der Waals surface area (Å²) < 4.78 is 7.15. The highest BCUT2D eigenvalue weighted by Gasteiger charge is 2.16. The Kier molecular flexibility index (Phi) is 3.37. The van der Waals surface area contributed by atoms with Gasteiger partial charge in [-0.15, -0.1) is 0 Å². The molecule has 1 aromatic carbocycles. The lowest BCUT2D eigenvalue weighted by Crippen LogP contribution is -2.05. The van der Waals surface area contributed by atoms with Gasteiger partial charge in [0.25, 0.3) is 0 Å². The lowest BCUT2D eigenvalue weighted by molar-refractivity contribution is 0.621. The van der Waals surface area contributed by atoms with Crippen LogP contribution in [0.3, 0.4) is 0 Å². The molecule has 3 heterocycles. The molecule has 3 aromatic heterocycles. The highest BCUT2D eigenvalue weighted by molar-refractivity contribution is 6.31. The van der Waals surface area contributed by atoms with Crippen molar-refractivity contribution < 1.29 is 4.42 Å². The SMILES string of the molecule is N#Cc1cnn(-c2ccccn2)c1Nc1nc2cc(Cl)ccc2o1. The van der Waals surface area contributed by atoms with Gasteiger partial charge >= 0.3 is 6.01 Å². The second kappa shape index (κ2) is 5.68. The first kappa shape index (κ1) is 14.2. The third-order valence-corrected chi connectivity index (χ3v) is 3.57. The molecule has 0 fully saturated rings. The first-order valence-corrected chi connectivity index (χ1v) is 7.35. The van der Waals surface area contributed by atoms with E-state index in [-0.39, 0.29) is 6.01 Å². The average molecular weight is 337 g/mol. The monoisotopic (exact) mass is 336 g/mol. The third kappa shape index (κ3) is 2.45. The van der Waals surface area contributed by atoms with E-state index in [4.69, 9.17) is 16.0 Å². The minimum absolute atomic E-state index is 0.237. The number of nitriles is 1. The molecule has 0 aliphatic rings. The van der Waals surface area contributed by atoms with Crippen molar-refractivity contribution in [1.29, 1.82) is 5.26 Å². The van der Waals surface area contributed by atoms with E-state index in [0.717, 1.165) is 0 Å². The summed E-state index contributed by atoms with van der Waals surface area (Å²) in [7, 11) is 0. The van der Waals surface area contributed by atoms with Gasteiger partial charge in [0.15, 0.2) is 17.2 Å². The largest absolute Gasteiger partial charge is 0.423 e. The lowest BCUT2D eigenvalue weighted by atomic mass is 10.3. The van der Waals surface area contributed by atoms with Crippen molar-refractivity contribution in [1.82, 2.24) is 19.7 Å². The van der Waals surface area contributed by atoms with Crippen molar-refractivity contribution in [2.75, 3.05) is 5.32 Å². The molecular weight excluding hydrogens is 328 g/mol. The van der Waals surface area contributed by atoms with Crippen molar-refractivity contribution in [3.63, 3.8) is 0 Å². The molecule has 0 atom stereocenters. The van der Waals surface area contributed by atoms with Crippen molar-refractivity contribution >= 4 is 34.5 Å².